The molecule has 0 amide bonds. The fourth-order valence-corrected chi connectivity index (χ4v) is 5.32. The van der Waals surface area contributed by atoms with Crippen molar-refractivity contribution in [1.29, 1.82) is 0 Å². The number of nitrogens with zero attached hydrogens (tertiary/aromatic N) is 3. The highest BCUT2D eigenvalue weighted by Gasteiger charge is 2.37. The summed E-state index contributed by atoms with van der Waals surface area (Å²) in [5.41, 5.74) is 2.34. The van der Waals surface area contributed by atoms with E-state index in [1.165, 1.54) is 33.4 Å². The van der Waals surface area contributed by atoms with E-state index in [-0.39, 0.29) is 23.8 Å². The van der Waals surface area contributed by atoms with Gasteiger partial charge in [0.05, 0.1) is 26.1 Å². The van der Waals surface area contributed by atoms with Gasteiger partial charge >= 0.3 is 5.97 Å². The largest absolute Gasteiger partial charge is 0.492 e. The normalized spacial score (nSPS) is 21.0. The van der Waals surface area contributed by atoms with E-state index < -0.39 is 0 Å². The van der Waals surface area contributed by atoms with Crippen molar-refractivity contribution in [1.82, 2.24) is 14.6 Å². The van der Waals surface area contributed by atoms with Crippen molar-refractivity contribution in [2.75, 3.05) is 20.2 Å². The van der Waals surface area contributed by atoms with Gasteiger partial charge in [0.2, 0.25) is 10.8 Å². The number of carbonyl (C=O) groups excluding carboxylic acids is 1. The van der Waals surface area contributed by atoms with Crippen LogP contribution in [0.25, 0.3) is 4.96 Å². The molecule has 0 unspecified atom stereocenters. The number of likely N-dealkylation sites (tertiary alicyclic amines) is 1. The molecule has 3 aromatic rings. The minimum atomic E-state index is -0.122. The van der Waals surface area contributed by atoms with Crippen molar-refractivity contribution >= 4 is 22.3 Å². The number of ether oxygens (including phenoxy) is 1. The molecule has 0 spiro atoms. The van der Waals surface area contributed by atoms with Crippen LogP contribution in [0.2, 0.25) is 0 Å². The number of benzene rings is 1. The fraction of sp³-hybridized carbons (Fsp3) is 0.450. The first-order chi connectivity index (χ1) is 13.5. The summed E-state index contributed by atoms with van der Waals surface area (Å²) in [6.07, 6.45) is 1.57. The molecule has 1 saturated heterocycles. The van der Waals surface area contributed by atoms with Crippen molar-refractivity contribution in [3.05, 3.63) is 46.1 Å². The predicted octanol–water partition coefficient (Wildman–Crippen LogP) is 1.67. The van der Waals surface area contributed by atoms with Crippen LogP contribution >= 0.6 is 11.3 Å². The summed E-state index contributed by atoms with van der Waals surface area (Å²) >= 11 is 1.49. The number of piperidine rings is 1. The van der Waals surface area contributed by atoms with Crippen molar-refractivity contribution < 1.29 is 19.5 Å². The van der Waals surface area contributed by atoms with Gasteiger partial charge in [0, 0.05) is 18.4 Å². The summed E-state index contributed by atoms with van der Waals surface area (Å²) < 4.78 is 6.45. The van der Waals surface area contributed by atoms with Crippen LogP contribution in [0.3, 0.4) is 0 Å². The van der Waals surface area contributed by atoms with E-state index in [4.69, 9.17) is 4.74 Å². The van der Waals surface area contributed by atoms with E-state index in [9.17, 15) is 9.90 Å². The molecule has 1 aliphatic rings. The highest BCUT2D eigenvalue weighted by atomic mass is 32.1. The van der Waals surface area contributed by atoms with Gasteiger partial charge in [0.1, 0.15) is 10.7 Å². The van der Waals surface area contributed by atoms with Gasteiger partial charge in [-0.05, 0) is 19.9 Å². The standard InChI is InChI=1S/C20H24N4O3S/c1-12-5-4-6-15(11-12)16(23-9-7-14(8-10-23)19(26)27-3)17-18(25)24-20(28-17)21-13(2)22-24/h4-6,11,14,16,25H,7-10H2,1-3H3/p+1/t16-/m0/s1. The Morgan fingerprint density at radius 1 is 1.36 bits per heavy atom. The Labute approximate surface area is 167 Å². The summed E-state index contributed by atoms with van der Waals surface area (Å²) in [6.45, 7) is 5.57. The maximum Gasteiger partial charge on any atom is 0.309 e. The molecule has 0 aliphatic carbocycles. The summed E-state index contributed by atoms with van der Waals surface area (Å²) in [5, 5.41) is 15.2. The summed E-state index contributed by atoms with van der Waals surface area (Å²) in [6, 6.07) is 8.39. The molecule has 2 N–H and O–H groups in total. The summed E-state index contributed by atoms with van der Waals surface area (Å²) in [4.78, 5) is 19.2. The Bertz CT molecular complexity index is 1000. The Kier molecular flexibility index (Phi) is 5.07. The number of carbonyl (C=O) groups is 1. The summed E-state index contributed by atoms with van der Waals surface area (Å²) in [5.74, 6) is 0.648. The number of rotatable bonds is 4. The molecule has 0 saturated carbocycles. The van der Waals surface area contributed by atoms with Crippen molar-refractivity contribution in [3.63, 3.8) is 0 Å². The first kappa shape index (κ1) is 18.9. The maximum absolute atomic E-state index is 11.9. The van der Waals surface area contributed by atoms with Gasteiger partial charge in [0.15, 0.2) is 6.04 Å². The van der Waals surface area contributed by atoms with E-state index in [1.54, 1.807) is 0 Å². The van der Waals surface area contributed by atoms with Crippen molar-refractivity contribution in [2.24, 2.45) is 5.92 Å². The number of methoxy groups -OCH3 is 1. The van der Waals surface area contributed by atoms with Crippen LogP contribution in [0.1, 0.15) is 40.7 Å². The molecule has 1 fully saturated rings. The van der Waals surface area contributed by atoms with Crippen LogP contribution in [-0.2, 0) is 9.53 Å². The zero-order valence-corrected chi connectivity index (χ0v) is 17.1. The van der Waals surface area contributed by atoms with Crippen molar-refractivity contribution in [2.45, 2.75) is 32.7 Å². The van der Waals surface area contributed by atoms with Crippen molar-refractivity contribution in [3.8, 4) is 5.88 Å². The van der Waals surface area contributed by atoms with Gasteiger partial charge in [-0.2, -0.15) is 4.52 Å². The topological polar surface area (TPSA) is 81.2 Å². The van der Waals surface area contributed by atoms with Crippen LogP contribution in [0, 0.1) is 19.8 Å². The van der Waals surface area contributed by atoms with Gasteiger partial charge in [0.25, 0.3) is 0 Å². The lowest BCUT2D eigenvalue weighted by atomic mass is 9.93. The number of hydrogen-bond donors (Lipinski definition) is 2. The molecule has 1 atom stereocenters. The molecule has 7 nitrogen and oxygen atoms in total. The second kappa shape index (κ2) is 7.52. The number of fused-ring (bicyclic) bond motifs is 1. The molecule has 0 bridgehead atoms. The lowest BCUT2D eigenvalue weighted by Crippen LogP contribution is -3.13. The zero-order chi connectivity index (χ0) is 19.8. The third kappa shape index (κ3) is 3.38. The molecule has 0 radical (unpaired) electrons. The van der Waals surface area contributed by atoms with E-state index in [1.807, 2.05) is 6.92 Å². The first-order valence-corrected chi connectivity index (χ1v) is 10.3. The molecule has 1 aromatic carbocycles. The van der Waals surface area contributed by atoms with Crippen LogP contribution in [0.15, 0.2) is 24.3 Å². The molecule has 2 aromatic heterocycles. The number of aryl methyl sites for hydroxylation is 2. The van der Waals surface area contributed by atoms with Gasteiger partial charge in [-0.3, -0.25) is 4.79 Å². The smallest absolute Gasteiger partial charge is 0.309 e. The molecular formula is C20H25N4O3S+. The second-order valence-electron chi connectivity index (χ2n) is 7.45. The lowest BCUT2D eigenvalue weighted by molar-refractivity contribution is -0.930. The lowest BCUT2D eigenvalue weighted by Gasteiger charge is -2.33. The minimum Gasteiger partial charge on any atom is -0.492 e. The van der Waals surface area contributed by atoms with E-state index in [0.717, 1.165) is 36.4 Å². The Morgan fingerprint density at radius 2 is 2.11 bits per heavy atom. The first-order valence-electron chi connectivity index (χ1n) is 9.52. The number of hydrogen-bond acceptors (Lipinski definition) is 6. The average molecular weight is 402 g/mol. The van der Waals surface area contributed by atoms with Gasteiger partial charge < -0.3 is 14.7 Å². The quantitative estimate of drug-likeness (QED) is 0.650. The third-order valence-corrected chi connectivity index (χ3v) is 6.60. The average Bonchev–Trinajstić information content (AvgIpc) is 3.19. The van der Waals surface area contributed by atoms with Gasteiger partial charge in [-0.1, -0.05) is 35.1 Å². The van der Waals surface area contributed by atoms with Crippen LogP contribution in [0.4, 0.5) is 0 Å². The maximum atomic E-state index is 11.9. The van der Waals surface area contributed by atoms with Crippen LogP contribution in [-0.4, -0.2) is 45.9 Å². The van der Waals surface area contributed by atoms with E-state index in [0.29, 0.717) is 10.8 Å². The van der Waals surface area contributed by atoms with E-state index in [2.05, 4.69) is 41.3 Å². The SMILES string of the molecule is COC(=O)C1CC[NH+]([C@@H](c2cccc(C)c2)c2sc3nc(C)nn3c2O)CC1. The number of esters is 1. The number of thiazole rings is 1. The molecule has 3 heterocycles. The number of nitrogens with one attached hydrogen (secondary N) is 1. The monoisotopic (exact) mass is 401 g/mol. The number of aromatic hydroxyl groups is 1. The Morgan fingerprint density at radius 3 is 2.75 bits per heavy atom. The van der Waals surface area contributed by atoms with Crippen LogP contribution in [0.5, 0.6) is 5.88 Å². The van der Waals surface area contributed by atoms with Crippen LogP contribution < -0.4 is 4.90 Å². The molecule has 28 heavy (non-hydrogen) atoms. The highest BCUT2D eigenvalue weighted by molar-refractivity contribution is 7.17. The predicted molar refractivity (Wildman–Crippen MR) is 106 cm³/mol. The molecule has 8 heteroatoms. The molecule has 148 valence electrons. The number of aromatic nitrogens is 3. The Balaban J connectivity index is 1.71. The molecular weight excluding hydrogens is 376 g/mol. The number of quaternary nitrogens is 1. The Hall–Kier alpha value is -2.45. The highest BCUT2D eigenvalue weighted by Crippen LogP contribution is 2.35. The van der Waals surface area contributed by atoms with Gasteiger partial charge in [-0.15, -0.1) is 5.10 Å². The van der Waals surface area contributed by atoms with E-state index >= 15 is 0 Å². The fourth-order valence-electron chi connectivity index (χ4n) is 4.14. The van der Waals surface area contributed by atoms with Gasteiger partial charge in [-0.25, -0.2) is 4.98 Å². The zero-order valence-electron chi connectivity index (χ0n) is 16.3. The molecule has 4 rings (SSSR count). The molecule has 1 aliphatic heterocycles. The minimum absolute atomic E-state index is 0.0210. The summed E-state index contributed by atoms with van der Waals surface area (Å²) in [7, 11) is 1.45. The third-order valence-electron chi connectivity index (χ3n) is 5.51. The second-order valence-corrected chi connectivity index (χ2v) is 8.46.